The smallest absolute Gasteiger partial charge is 0.262 e. The summed E-state index contributed by atoms with van der Waals surface area (Å²) < 4.78 is 3.97. The van der Waals surface area contributed by atoms with Gasteiger partial charge in [0.15, 0.2) is 5.16 Å². The van der Waals surface area contributed by atoms with E-state index in [1.807, 2.05) is 42.7 Å². The highest BCUT2D eigenvalue weighted by molar-refractivity contribution is 7.99. The van der Waals surface area contributed by atoms with Crippen molar-refractivity contribution in [2.75, 3.05) is 11.1 Å². The zero-order valence-electron chi connectivity index (χ0n) is 20.3. The third-order valence-corrected chi connectivity index (χ3v) is 8.57. The fraction of sp³-hybridized carbons (Fsp3) is 0.481. The quantitative estimate of drug-likeness (QED) is 0.357. The Labute approximate surface area is 209 Å². The first-order valence-electron chi connectivity index (χ1n) is 12.5. The van der Waals surface area contributed by atoms with Crippen LogP contribution in [0, 0.1) is 25.2 Å². The van der Waals surface area contributed by atoms with Crippen LogP contribution in [0.1, 0.15) is 80.3 Å². The van der Waals surface area contributed by atoms with Gasteiger partial charge in [0.1, 0.15) is 11.9 Å². The molecule has 2 aliphatic rings. The molecule has 2 heterocycles. The van der Waals surface area contributed by atoms with Crippen LogP contribution in [0.15, 0.2) is 34.2 Å². The van der Waals surface area contributed by atoms with Gasteiger partial charge in [-0.3, -0.25) is 14.2 Å². The molecule has 2 saturated carbocycles. The summed E-state index contributed by atoms with van der Waals surface area (Å²) in [6.45, 7) is 3.97. The van der Waals surface area contributed by atoms with E-state index in [-0.39, 0.29) is 23.3 Å². The van der Waals surface area contributed by atoms with E-state index in [0.717, 1.165) is 49.8 Å². The van der Waals surface area contributed by atoms with Crippen LogP contribution in [0.3, 0.4) is 0 Å². The van der Waals surface area contributed by atoms with Gasteiger partial charge in [0, 0.05) is 17.8 Å². The van der Waals surface area contributed by atoms with Gasteiger partial charge in [0.2, 0.25) is 5.91 Å². The Morgan fingerprint density at radius 2 is 1.71 bits per heavy atom. The predicted molar refractivity (Wildman–Crippen MR) is 139 cm³/mol. The number of nitrogens with one attached hydrogen (secondary N) is 1. The van der Waals surface area contributed by atoms with Crippen molar-refractivity contribution < 1.29 is 4.79 Å². The SMILES string of the molecule is Cc1c(C#N)c(NC(=O)CSc2nc3ccccc3c(=O)n2C2CCCC2)n(C2CCCC2)c1C. The van der Waals surface area contributed by atoms with Crippen LogP contribution in [0.4, 0.5) is 5.82 Å². The molecule has 1 N–H and O–H groups in total. The lowest BCUT2D eigenvalue weighted by atomic mass is 10.2. The molecule has 1 aromatic carbocycles. The Hall–Kier alpha value is -3.05. The van der Waals surface area contributed by atoms with Crippen molar-refractivity contribution >= 4 is 34.4 Å². The first-order valence-corrected chi connectivity index (χ1v) is 13.5. The summed E-state index contributed by atoms with van der Waals surface area (Å²) >= 11 is 1.30. The van der Waals surface area contributed by atoms with Crippen molar-refractivity contribution in [1.29, 1.82) is 5.26 Å². The second-order valence-electron chi connectivity index (χ2n) is 9.72. The number of nitriles is 1. The van der Waals surface area contributed by atoms with Crippen LogP contribution in [0.2, 0.25) is 0 Å². The number of nitrogens with zero attached hydrogens (tertiary/aromatic N) is 4. The van der Waals surface area contributed by atoms with Crippen molar-refractivity contribution in [2.24, 2.45) is 0 Å². The van der Waals surface area contributed by atoms with Crippen LogP contribution in [-0.4, -0.2) is 25.8 Å². The van der Waals surface area contributed by atoms with Crippen LogP contribution in [0.25, 0.3) is 10.9 Å². The molecule has 2 fully saturated rings. The average Bonchev–Trinajstić information content (AvgIpc) is 3.61. The molecular formula is C27H31N5O2S. The molecule has 0 unspecified atom stereocenters. The summed E-state index contributed by atoms with van der Waals surface area (Å²) in [7, 11) is 0. The van der Waals surface area contributed by atoms with Crippen LogP contribution in [-0.2, 0) is 4.79 Å². The summed E-state index contributed by atoms with van der Waals surface area (Å²) in [6.07, 6.45) is 8.57. The number of anilines is 1. The van der Waals surface area contributed by atoms with Gasteiger partial charge in [-0.1, -0.05) is 49.6 Å². The van der Waals surface area contributed by atoms with Gasteiger partial charge >= 0.3 is 0 Å². The number of carbonyl (C=O) groups excluding carboxylic acids is 1. The minimum absolute atomic E-state index is 0.0291. The van der Waals surface area contributed by atoms with Gasteiger partial charge in [-0.2, -0.15) is 5.26 Å². The standard InChI is InChI=1S/C27H31N5O2S/c1-17-18(2)31(19-9-3-4-10-19)25(22(17)15-28)30-24(33)16-35-27-29-23-14-8-7-13-21(23)26(34)32(27)20-11-5-6-12-20/h7-8,13-14,19-20H,3-6,9-12,16H2,1-2H3,(H,30,33). The Balaban J connectivity index is 1.42. The highest BCUT2D eigenvalue weighted by Crippen LogP contribution is 2.38. The zero-order chi connectivity index (χ0) is 24.5. The monoisotopic (exact) mass is 489 g/mol. The zero-order valence-corrected chi connectivity index (χ0v) is 21.2. The maximum absolute atomic E-state index is 13.4. The highest BCUT2D eigenvalue weighted by Gasteiger charge is 2.27. The van der Waals surface area contributed by atoms with Crippen molar-refractivity contribution in [3.05, 3.63) is 51.4 Å². The van der Waals surface area contributed by atoms with E-state index in [9.17, 15) is 14.9 Å². The number of rotatable bonds is 6. The van der Waals surface area contributed by atoms with Gasteiger partial charge in [-0.25, -0.2) is 4.98 Å². The van der Waals surface area contributed by atoms with Gasteiger partial charge < -0.3 is 9.88 Å². The first kappa shape index (κ1) is 23.7. The molecule has 2 aromatic heterocycles. The van der Waals surface area contributed by atoms with E-state index in [4.69, 9.17) is 4.98 Å². The number of thioether (sulfide) groups is 1. The lowest BCUT2D eigenvalue weighted by molar-refractivity contribution is -0.113. The number of carbonyl (C=O) groups is 1. The Kier molecular flexibility index (Phi) is 6.70. The van der Waals surface area contributed by atoms with E-state index < -0.39 is 0 Å². The van der Waals surface area contributed by atoms with Crippen molar-refractivity contribution in [3.63, 3.8) is 0 Å². The molecule has 1 amide bonds. The Morgan fingerprint density at radius 1 is 1.09 bits per heavy atom. The highest BCUT2D eigenvalue weighted by atomic mass is 32.2. The third kappa shape index (κ3) is 4.38. The molecule has 8 heteroatoms. The van der Waals surface area contributed by atoms with Gasteiger partial charge in [-0.15, -0.1) is 0 Å². The lowest BCUT2D eigenvalue weighted by Crippen LogP contribution is -2.27. The maximum atomic E-state index is 13.4. The minimum atomic E-state index is -0.191. The summed E-state index contributed by atoms with van der Waals surface area (Å²) in [4.78, 5) is 31.3. The van der Waals surface area contributed by atoms with Crippen LogP contribution < -0.4 is 10.9 Å². The lowest BCUT2D eigenvalue weighted by Gasteiger charge is -2.20. The number of amides is 1. The second-order valence-corrected chi connectivity index (χ2v) is 10.7. The molecule has 35 heavy (non-hydrogen) atoms. The number of hydrogen-bond donors (Lipinski definition) is 1. The van der Waals surface area contributed by atoms with E-state index in [2.05, 4.69) is 16.0 Å². The Morgan fingerprint density at radius 3 is 2.37 bits per heavy atom. The molecule has 2 aliphatic carbocycles. The van der Waals surface area contributed by atoms with E-state index >= 15 is 0 Å². The molecule has 3 aromatic rings. The second kappa shape index (κ2) is 9.90. The molecule has 0 spiro atoms. The summed E-state index contributed by atoms with van der Waals surface area (Å²) in [5.74, 6) is 0.541. The molecule has 7 nitrogen and oxygen atoms in total. The number of hydrogen-bond acceptors (Lipinski definition) is 5. The molecule has 0 aliphatic heterocycles. The maximum Gasteiger partial charge on any atom is 0.262 e. The largest absolute Gasteiger partial charge is 0.327 e. The molecular weight excluding hydrogens is 458 g/mol. The first-order chi connectivity index (χ1) is 17.0. The average molecular weight is 490 g/mol. The number of fused-ring (bicyclic) bond motifs is 1. The van der Waals surface area contributed by atoms with Gasteiger partial charge in [0.05, 0.1) is 22.2 Å². The Bertz CT molecular complexity index is 1370. The number of aromatic nitrogens is 3. The van der Waals surface area contributed by atoms with Crippen molar-refractivity contribution in [1.82, 2.24) is 14.1 Å². The fourth-order valence-corrected chi connectivity index (χ4v) is 6.58. The van der Waals surface area contributed by atoms with Crippen molar-refractivity contribution in [2.45, 2.75) is 82.5 Å². The molecule has 0 saturated heterocycles. The van der Waals surface area contributed by atoms with Crippen molar-refractivity contribution in [3.8, 4) is 6.07 Å². The molecule has 0 bridgehead atoms. The number of benzene rings is 1. The van der Waals surface area contributed by atoms with E-state index in [0.29, 0.717) is 33.5 Å². The molecule has 182 valence electrons. The third-order valence-electron chi connectivity index (χ3n) is 7.61. The summed E-state index contributed by atoms with van der Waals surface area (Å²) in [5.41, 5.74) is 3.14. The topological polar surface area (TPSA) is 92.7 Å². The fourth-order valence-electron chi connectivity index (χ4n) is 5.72. The van der Waals surface area contributed by atoms with Crippen LogP contribution in [0.5, 0.6) is 0 Å². The predicted octanol–water partition coefficient (Wildman–Crippen LogP) is 5.65. The minimum Gasteiger partial charge on any atom is -0.327 e. The van der Waals surface area contributed by atoms with E-state index in [1.54, 1.807) is 0 Å². The number of para-hydroxylation sites is 1. The van der Waals surface area contributed by atoms with Gasteiger partial charge in [-0.05, 0) is 57.2 Å². The molecule has 0 radical (unpaired) electrons. The van der Waals surface area contributed by atoms with Gasteiger partial charge in [0.25, 0.3) is 5.56 Å². The molecule has 0 atom stereocenters. The molecule has 5 rings (SSSR count). The normalized spacial score (nSPS) is 16.7. The summed E-state index contributed by atoms with van der Waals surface area (Å²) in [6, 6.07) is 10.1. The van der Waals surface area contributed by atoms with E-state index in [1.165, 1.54) is 24.6 Å². The summed E-state index contributed by atoms with van der Waals surface area (Å²) in [5, 5.41) is 14.1. The van der Waals surface area contributed by atoms with Crippen LogP contribution >= 0.6 is 11.8 Å².